The van der Waals surface area contributed by atoms with Crippen molar-refractivity contribution >= 4 is 11.7 Å². The van der Waals surface area contributed by atoms with E-state index in [1.54, 1.807) is 17.9 Å². The summed E-state index contributed by atoms with van der Waals surface area (Å²) in [4.78, 5) is 11.7. The molecule has 2 aromatic rings. The second kappa shape index (κ2) is 4.56. The number of aryl methyl sites for hydroxylation is 1. The Balaban J connectivity index is 1.98. The van der Waals surface area contributed by atoms with Gasteiger partial charge in [-0.1, -0.05) is 0 Å². The molecular weight excluding hydrogens is 222 g/mol. The molecule has 8 heteroatoms. The van der Waals surface area contributed by atoms with Crippen LogP contribution in [0.15, 0.2) is 18.5 Å². The second-order valence-electron chi connectivity index (χ2n) is 3.38. The van der Waals surface area contributed by atoms with E-state index in [1.807, 2.05) is 0 Å². The molecule has 0 bridgehead atoms. The highest BCUT2D eigenvalue weighted by Crippen LogP contribution is 1.98. The van der Waals surface area contributed by atoms with Crippen LogP contribution in [0.5, 0.6) is 0 Å². The van der Waals surface area contributed by atoms with Crippen LogP contribution in [-0.4, -0.2) is 30.9 Å². The number of nitrogen functional groups attached to an aromatic ring is 1. The second-order valence-corrected chi connectivity index (χ2v) is 3.38. The summed E-state index contributed by atoms with van der Waals surface area (Å²) >= 11 is 0. The van der Waals surface area contributed by atoms with E-state index in [0.717, 1.165) is 0 Å². The van der Waals surface area contributed by atoms with Crippen LogP contribution in [0, 0.1) is 0 Å². The van der Waals surface area contributed by atoms with Gasteiger partial charge in [0.1, 0.15) is 12.1 Å². The van der Waals surface area contributed by atoms with Crippen LogP contribution in [0.4, 0.5) is 5.82 Å². The largest absolute Gasteiger partial charge is 0.382 e. The molecule has 0 fully saturated rings. The maximum Gasteiger partial charge on any atom is 0.272 e. The van der Waals surface area contributed by atoms with Crippen molar-refractivity contribution < 1.29 is 4.79 Å². The zero-order valence-electron chi connectivity index (χ0n) is 9.16. The molecule has 0 aliphatic rings. The maximum atomic E-state index is 11.7. The Bertz CT molecular complexity index is 518. The number of rotatable bonds is 3. The van der Waals surface area contributed by atoms with Gasteiger partial charge in [-0.2, -0.15) is 0 Å². The summed E-state index contributed by atoms with van der Waals surface area (Å²) in [5.41, 5.74) is 5.58. The fourth-order valence-electron chi connectivity index (χ4n) is 1.18. The van der Waals surface area contributed by atoms with E-state index in [4.69, 9.17) is 5.73 Å². The molecule has 3 N–H and O–H groups in total. The first-order valence-corrected chi connectivity index (χ1v) is 4.87. The van der Waals surface area contributed by atoms with Gasteiger partial charge in [0.15, 0.2) is 11.5 Å². The molecule has 0 aliphatic heterocycles. The maximum absolute atomic E-state index is 11.7. The van der Waals surface area contributed by atoms with Crippen molar-refractivity contribution in [1.82, 2.24) is 30.3 Å². The number of nitrogens with two attached hydrogens (primary N) is 1. The summed E-state index contributed by atoms with van der Waals surface area (Å²) in [6.45, 7) is 0.279. The highest BCUT2D eigenvalue weighted by atomic mass is 16.1. The molecule has 0 atom stereocenters. The van der Waals surface area contributed by atoms with Gasteiger partial charge in [0, 0.05) is 7.05 Å². The summed E-state index contributed by atoms with van der Waals surface area (Å²) < 4.78 is 1.72. The zero-order chi connectivity index (χ0) is 12.3. The molecule has 0 spiro atoms. The number of nitrogens with one attached hydrogen (secondary N) is 1. The van der Waals surface area contributed by atoms with Crippen molar-refractivity contribution in [3.63, 3.8) is 0 Å². The lowest BCUT2D eigenvalue weighted by Gasteiger charge is -2.03. The molecule has 1 amide bonds. The number of hydrogen-bond acceptors (Lipinski definition) is 6. The van der Waals surface area contributed by atoms with E-state index in [1.165, 1.54) is 12.1 Å². The van der Waals surface area contributed by atoms with E-state index < -0.39 is 0 Å². The third-order valence-electron chi connectivity index (χ3n) is 2.13. The lowest BCUT2D eigenvalue weighted by Crippen LogP contribution is -2.25. The van der Waals surface area contributed by atoms with Gasteiger partial charge in [-0.25, -0.2) is 0 Å². The lowest BCUT2D eigenvalue weighted by atomic mass is 10.3. The van der Waals surface area contributed by atoms with Gasteiger partial charge >= 0.3 is 0 Å². The topological polar surface area (TPSA) is 112 Å². The summed E-state index contributed by atoms with van der Waals surface area (Å²) in [6.07, 6.45) is 1.56. The average molecular weight is 233 g/mol. The minimum atomic E-state index is -0.333. The Morgan fingerprint density at radius 2 is 2.24 bits per heavy atom. The monoisotopic (exact) mass is 233 g/mol. The first-order chi connectivity index (χ1) is 8.16. The molecule has 0 saturated carbocycles. The van der Waals surface area contributed by atoms with Gasteiger partial charge in [0.05, 0.1) is 6.54 Å². The average Bonchev–Trinajstić information content (AvgIpc) is 2.73. The molecule has 88 valence electrons. The van der Waals surface area contributed by atoms with E-state index in [9.17, 15) is 4.79 Å². The molecule has 0 aliphatic carbocycles. The van der Waals surface area contributed by atoms with Crippen LogP contribution in [0.2, 0.25) is 0 Å². The highest BCUT2D eigenvalue weighted by Gasteiger charge is 2.08. The van der Waals surface area contributed by atoms with E-state index in [2.05, 4.69) is 25.7 Å². The number of amides is 1. The van der Waals surface area contributed by atoms with Crippen LogP contribution in [0.3, 0.4) is 0 Å². The summed E-state index contributed by atoms with van der Waals surface area (Å²) in [5, 5.41) is 17.5. The Morgan fingerprint density at radius 3 is 2.82 bits per heavy atom. The smallest absolute Gasteiger partial charge is 0.272 e. The van der Waals surface area contributed by atoms with Crippen LogP contribution >= 0.6 is 0 Å². The molecule has 17 heavy (non-hydrogen) atoms. The van der Waals surface area contributed by atoms with Crippen molar-refractivity contribution in [2.75, 3.05) is 5.73 Å². The first-order valence-electron chi connectivity index (χ1n) is 4.87. The molecule has 0 saturated heterocycles. The Kier molecular flexibility index (Phi) is 2.95. The minimum absolute atomic E-state index is 0.210. The third-order valence-corrected chi connectivity index (χ3v) is 2.13. The lowest BCUT2D eigenvalue weighted by molar-refractivity contribution is 0.0943. The van der Waals surface area contributed by atoms with Crippen molar-refractivity contribution in [1.29, 1.82) is 0 Å². The molecule has 2 heterocycles. The summed E-state index contributed by atoms with van der Waals surface area (Å²) in [7, 11) is 1.80. The van der Waals surface area contributed by atoms with Crippen LogP contribution in [0.25, 0.3) is 0 Å². The normalized spacial score (nSPS) is 10.2. The molecule has 0 unspecified atom stereocenters. The number of carbonyl (C=O) groups is 1. The molecular formula is C9H11N7O. The molecule has 2 rings (SSSR count). The zero-order valence-corrected chi connectivity index (χ0v) is 9.16. The third kappa shape index (κ3) is 2.54. The number of aromatic nitrogens is 5. The number of carbonyl (C=O) groups excluding carboxylic acids is 1. The fraction of sp³-hybridized carbons (Fsp3) is 0.222. The van der Waals surface area contributed by atoms with E-state index in [-0.39, 0.29) is 24.0 Å². The Hall–Kier alpha value is -2.51. The van der Waals surface area contributed by atoms with Gasteiger partial charge in [-0.3, -0.25) is 4.79 Å². The van der Waals surface area contributed by atoms with Crippen LogP contribution in [0.1, 0.15) is 16.3 Å². The van der Waals surface area contributed by atoms with Crippen molar-refractivity contribution in [3.05, 3.63) is 30.0 Å². The summed E-state index contributed by atoms with van der Waals surface area (Å²) in [6, 6.07) is 3.03. The fourth-order valence-corrected chi connectivity index (χ4v) is 1.18. The molecule has 0 aromatic carbocycles. The van der Waals surface area contributed by atoms with Gasteiger partial charge < -0.3 is 15.6 Å². The number of anilines is 1. The van der Waals surface area contributed by atoms with Crippen molar-refractivity contribution in [2.24, 2.45) is 7.05 Å². The first kappa shape index (κ1) is 11.0. The Labute approximate surface area is 96.9 Å². The Morgan fingerprint density at radius 1 is 1.41 bits per heavy atom. The predicted octanol–water partition coefficient (Wildman–Crippen LogP) is -0.883. The standard InChI is InChI=1S/C9H11N7O/c1-16-5-12-15-8(16)4-11-9(17)6-2-3-7(10)14-13-6/h2-3,5H,4H2,1H3,(H2,10,14)(H,11,17). The van der Waals surface area contributed by atoms with Crippen molar-refractivity contribution in [2.45, 2.75) is 6.54 Å². The summed E-state index contributed by atoms with van der Waals surface area (Å²) in [5.74, 6) is 0.595. The van der Waals surface area contributed by atoms with E-state index in [0.29, 0.717) is 5.82 Å². The van der Waals surface area contributed by atoms with Gasteiger partial charge in [0.2, 0.25) is 0 Å². The van der Waals surface area contributed by atoms with E-state index >= 15 is 0 Å². The number of nitrogens with zero attached hydrogens (tertiary/aromatic N) is 5. The van der Waals surface area contributed by atoms with Gasteiger partial charge in [0.25, 0.3) is 5.91 Å². The van der Waals surface area contributed by atoms with Gasteiger partial charge in [-0.15, -0.1) is 20.4 Å². The quantitative estimate of drug-likeness (QED) is 0.711. The molecule has 0 radical (unpaired) electrons. The molecule has 2 aromatic heterocycles. The SMILES string of the molecule is Cn1cnnc1CNC(=O)c1ccc(N)nn1. The predicted molar refractivity (Wildman–Crippen MR) is 58.6 cm³/mol. The van der Waals surface area contributed by atoms with Crippen LogP contribution < -0.4 is 11.1 Å². The van der Waals surface area contributed by atoms with Gasteiger partial charge in [-0.05, 0) is 12.1 Å². The number of hydrogen-bond donors (Lipinski definition) is 2. The van der Waals surface area contributed by atoms with Crippen molar-refractivity contribution in [3.8, 4) is 0 Å². The minimum Gasteiger partial charge on any atom is -0.382 e. The highest BCUT2D eigenvalue weighted by molar-refractivity contribution is 5.92. The van der Waals surface area contributed by atoms with Crippen LogP contribution in [-0.2, 0) is 13.6 Å². The molecule has 8 nitrogen and oxygen atoms in total.